The largest absolute Gasteiger partial charge is 0.385 e. The number of anilines is 1. The van der Waals surface area contributed by atoms with Crippen molar-refractivity contribution in [2.75, 3.05) is 23.9 Å². The summed E-state index contributed by atoms with van der Waals surface area (Å²) >= 11 is 1.87. The summed E-state index contributed by atoms with van der Waals surface area (Å²) in [5.74, 6) is 1.19. The first-order valence-corrected chi connectivity index (χ1v) is 6.45. The summed E-state index contributed by atoms with van der Waals surface area (Å²) in [6.07, 6.45) is 3.80. The molecule has 0 spiro atoms. The van der Waals surface area contributed by atoms with Gasteiger partial charge in [-0.05, 0) is 36.1 Å². The highest BCUT2D eigenvalue weighted by atomic mass is 32.2. The van der Waals surface area contributed by atoms with Gasteiger partial charge in [-0.2, -0.15) is 17.0 Å². The smallest absolute Gasteiger partial charge is 0.0669 e. The molecular formula is C12H16N2S. The summed E-state index contributed by atoms with van der Waals surface area (Å²) in [5.41, 5.74) is 2.21. The van der Waals surface area contributed by atoms with Gasteiger partial charge in [0.2, 0.25) is 0 Å². The van der Waals surface area contributed by atoms with E-state index in [-0.39, 0.29) is 0 Å². The quantitative estimate of drug-likeness (QED) is 0.749. The van der Waals surface area contributed by atoms with E-state index in [4.69, 9.17) is 5.26 Å². The number of nitrogens with zero attached hydrogens (tertiary/aromatic N) is 1. The molecule has 15 heavy (non-hydrogen) atoms. The Labute approximate surface area is 95.7 Å². The molecule has 0 saturated carbocycles. The molecule has 1 rings (SSSR count). The van der Waals surface area contributed by atoms with Gasteiger partial charge in [0.1, 0.15) is 0 Å². The third-order valence-corrected chi connectivity index (χ3v) is 2.79. The summed E-state index contributed by atoms with van der Waals surface area (Å²) in [7, 11) is 0. The minimum atomic E-state index is 0.493. The maximum absolute atomic E-state index is 8.52. The molecule has 0 unspecified atom stereocenters. The maximum Gasteiger partial charge on any atom is 0.0669 e. The lowest BCUT2D eigenvalue weighted by molar-refractivity contribution is 0.993. The number of nitriles is 1. The number of thioether (sulfide) groups is 1. The average molecular weight is 220 g/mol. The van der Waals surface area contributed by atoms with Crippen molar-refractivity contribution in [3.05, 3.63) is 29.8 Å². The first-order chi connectivity index (χ1) is 7.36. The zero-order chi connectivity index (χ0) is 10.9. The second-order valence-electron chi connectivity index (χ2n) is 3.30. The Morgan fingerprint density at radius 1 is 1.33 bits per heavy atom. The Kier molecular flexibility index (Phi) is 5.72. The van der Waals surface area contributed by atoms with E-state index in [2.05, 4.69) is 17.6 Å². The Morgan fingerprint density at radius 3 is 2.67 bits per heavy atom. The fraction of sp³-hybridized carbons (Fsp3) is 0.417. The van der Waals surface area contributed by atoms with Crippen LogP contribution in [0.4, 0.5) is 5.69 Å². The molecule has 0 aliphatic carbocycles. The van der Waals surface area contributed by atoms with Crippen molar-refractivity contribution in [3.8, 4) is 6.07 Å². The Bertz CT molecular complexity index is 313. The molecule has 0 atom stereocenters. The molecule has 0 heterocycles. The zero-order valence-electron chi connectivity index (χ0n) is 8.99. The summed E-state index contributed by atoms with van der Waals surface area (Å²) in [4.78, 5) is 0. The van der Waals surface area contributed by atoms with Crippen LogP contribution in [0.2, 0.25) is 0 Å². The summed E-state index contributed by atoms with van der Waals surface area (Å²) < 4.78 is 0. The van der Waals surface area contributed by atoms with Gasteiger partial charge in [-0.1, -0.05) is 12.1 Å². The molecule has 2 nitrogen and oxygen atoms in total. The SMILES string of the molecule is CSCCCNc1ccc(CC#N)cc1. The van der Waals surface area contributed by atoms with Crippen molar-refractivity contribution in [1.29, 1.82) is 5.26 Å². The van der Waals surface area contributed by atoms with Gasteiger partial charge in [0.05, 0.1) is 12.5 Å². The van der Waals surface area contributed by atoms with Crippen LogP contribution in [-0.2, 0) is 6.42 Å². The standard InChI is InChI=1S/C12H16N2S/c1-15-10-2-9-14-12-5-3-11(4-6-12)7-8-13/h3-6,14H,2,7,9-10H2,1H3. The summed E-state index contributed by atoms with van der Waals surface area (Å²) in [6.45, 7) is 1.01. The van der Waals surface area contributed by atoms with Gasteiger partial charge in [0.25, 0.3) is 0 Å². The molecule has 1 aromatic rings. The van der Waals surface area contributed by atoms with Crippen LogP contribution in [0, 0.1) is 11.3 Å². The fourth-order valence-electron chi connectivity index (χ4n) is 1.28. The van der Waals surface area contributed by atoms with Crippen LogP contribution in [-0.4, -0.2) is 18.6 Å². The third-order valence-electron chi connectivity index (χ3n) is 2.09. The van der Waals surface area contributed by atoms with Crippen molar-refractivity contribution in [2.24, 2.45) is 0 Å². The van der Waals surface area contributed by atoms with Crippen molar-refractivity contribution < 1.29 is 0 Å². The lowest BCUT2D eigenvalue weighted by Gasteiger charge is -2.05. The van der Waals surface area contributed by atoms with E-state index in [9.17, 15) is 0 Å². The number of hydrogen-bond donors (Lipinski definition) is 1. The predicted molar refractivity (Wildman–Crippen MR) is 67.2 cm³/mol. The second-order valence-corrected chi connectivity index (χ2v) is 4.29. The highest BCUT2D eigenvalue weighted by molar-refractivity contribution is 7.98. The number of rotatable bonds is 6. The van der Waals surface area contributed by atoms with Crippen molar-refractivity contribution in [3.63, 3.8) is 0 Å². The molecule has 0 aliphatic heterocycles. The fourth-order valence-corrected chi connectivity index (χ4v) is 1.71. The van der Waals surface area contributed by atoms with Crippen LogP contribution in [0.25, 0.3) is 0 Å². The van der Waals surface area contributed by atoms with Gasteiger partial charge in [-0.3, -0.25) is 0 Å². The lowest BCUT2D eigenvalue weighted by Crippen LogP contribution is -2.02. The highest BCUT2D eigenvalue weighted by Crippen LogP contribution is 2.10. The Balaban J connectivity index is 2.33. The molecule has 0 aromatic heterocycles. The number of benzene rings is 1. The van der Waals surface area contributed by atoms with E-state index in [1.54, 1.807) is 0 Å². The molecule has 0 amide bonds. The minimum absolute atomic E-state index is 0.493. The van der Waals surface area contributed by atoms with Gasteiger partial charge in [-0.15, -0.1) is 0 Å². The molecule has 1 aromatic carbocycles. The third kappa shape index (κ3) is 4.75. The van der Waals surface area contributed by atoms with Crippen LogP contribution in [0.15, 0.2) is 24.3 Å². The van der Waals surface area contributed by atoms with Crippen LogP contribution in [0.1, 0.15) is 12.0 Å². The molecular weight excluding hydrogens is 204 g/mol. The van der Waals surface area contributed by atoms with Gasteiger partial charge < -0.3 is 5.32 Å². The van der Waals surface area contributed by atoms with E-state index in [0.29, 0.717) is 6.42 Å². The topological polar surface area (TPSA) is 35.8 Å². The van der Waals surface area contributed by atoms with Crippen LogP contribution in [0.3, 0.4) is 0 Å². The van der Waals surface area contributed by atoms with E-state index in [1.807, 2.05) is 36.0 Å². The normalized spacial score (nSPS) is 9.60. The number of nitrogens with one attached hydrogen (secondary N) is 1. The van der Waals surface area contributed by atoms with E-state index < -0.39 is 0 Å². The zero-order valence-corrected chi connectivity index (χ0v) is 9.81. The molecule has 80 valence electrons. The van der Waals surface area contributed by atoms with E-state index in [1.165, 1.54) is 12.2 Å². The van der Waals surface area contributed by atoms with Gasteiger partial charge in [0, 0.05) is 12.2 Å². The lowest BCUT2D eigenvalue weighted by atomic mass is 10.1. The summed E-state index contributed by atoms with van der Waals surface area (Å²) in [5, 5.41) is 11.9. The second kappa shape index (κ2) is 7.19. The van der Waals surface area contributed by atoms with Gasteiger partial charge in [0.15, 0.2) is 0 Å². The molecule has 1 N–H and O–H groups in total. The van der Waals surface area contributed by atoms with E-state index >= 15 is 0 Å². The van der Waals surface area contributed by atoms with Crippen LogP contribution >= 0.6 is 11.8 Å². The van der Waals surface area contributed by atoms with Crippen molar-refractivity contribution >= 4 is 17.4 Å². The average Bonchev–Trinajstić information content (AvgIpc) is 2.27. The Hall–Kier alpha value is -1.14. The van der Waals surface area contributed by atoms with Gasteiger partial charge >= 0.3 is 0 Å². The van der Waals surface area contributed by atoms with E-state index in [0.717, 1.165) is 17.8 Å². The number of hydrogen-bond acceptors (Lipinski definition) is 3. The maximum atomic E-state index is 8.52. The molecule has 0 fully saturated rings. The molecule has 0 aliphatic rings. The molecule has 0 bridgehead atoms. The monoisotopic (exact) mass is 220 g/mol. The van der Waals surface area contributed by atoms with Gasteiger partial charge in [-0.25, -0.2) is 0 Å². The highest BCUT2D eigenvalue weighted by Gasteiger charge is 1.93. The van der Waals surface area contributed by atoms with Crippen LogP contribution in [0.5, 0.6) is 0 Å². The molecule has 0 saturated heterocycles. The first-order valence-electron chi connectivity index (χ1n) is 5.05. The Morgan fingerprint density at radius 2 is 2.07 bits per heavy atom. The van der Waals surface area contributed by atoms with Crippen LogP contribution < -0.4 is 5.32 Å². The molecule has 0 radical (unpaired) electrons. The predicted octanol–water partition coefficient (Wildman–Crippen LogP) is 2.92. The van der Waals surface area contributed by atoms with Crippen molar-refractivity contribution in [2.45, 2.75) is 12.8 Å². The first kappa shape index (κ1) is 11.9. The minimum Gasteiger partial charge on any atom is -0.385 e. The summed E-state index contributed by atoms with van der Waals surface area (Å²) in [6, 6.07) is 10.2. The molecule has 3 heteroatoms. The van der Waals surface area contributed by atoms with Crippen molar-refractivity contribution in [1.82, 2.24) is 0 Å².